The van der Waals surface area contributed by atoms with Gasteiger partial charge in [-0.3, -0.25) is 0 Å². The molecule has 3 rings (SSSR count). The first-order chi connectivity index (χ1) is 11.0. The van der Waals surface area contributed by atoms with Gasteiger partial charge in [-0.05, 0) is 39.0 Å². The number of fused-ring (bicyclic) bond motifs is 1. The van der Waals surface area contributed by atoms with Crippen LogP contribution in [0.5, 0.6) is 0 Å². The number of imidazole rings is 1. The SMILES string of the molecule is CCOC(=O)c1ccc2nc(NC[C@@H]3COC(C)(C)O3)[nH]c2c1. The Kier molecular flexibility index (Phi) is 4.23. The molecule has 0 amide bonds. The van der Waals surface area contributed by atoms with Crippen LogP contribution in [0.15, 0.2) is 18.2 Å². The topological polar surface area (TPSA) is 85.5 Å². The van der Waals surface area contributed by atoms with Crippen LogP contribution in [-0.4, -0.2) is 47.6 Å². The van der Waals surface area contributed by atoms with E-state index in [1.807, 2.05) is 13.8 Å². The number of hydrogen-bond acceptors (Lipinski definition) is 6. The average molecular weight is 319 g/mol. The van der Waals surface area contributed by atoms with Crippen LogP contribution in [0.1, 0.15) is 31.1 Å². The van der Waals surface area contributed by atoms with Gasteiger partial charge in [-0.25, -0.2) is 9.78 Å². The van der Waals surface area contributed by atoms with Gasteiger partial charge < -0.3 is 24.5 Å². The molecule has 1 atom stereocenters. The van der Waals surface area contributed by atoms with E-state index in [2.05, 4.69) is 15.3 Å². The molecule has 1 aliphatic heterocycles. The minimum absolute atomic E-state index is 0.0201. The minimum atomic E-state index is -0.533. The van der Waals surface area contributed by atoms with E-state index < -0.39 is 5.79 Å². The number of aromatic amines is 1. The number of anilines is 1. The van der Waals surface area contributed by atoms with Crippen molar-refractivity contribution in [3.8, 4) is 0 Å². The van der Waals surface area contributed by atoms with Crippen molar-refractivity contribution in [2.75, 3.05) is 25.1 Å². The van der Waals surface area contributed by atoms with Gasteiger partial charge in [0.25, 0.3) is 0 Å². The van der Waals surface area contributed by atoms with Crippen LogP contribution in [0.25, 0.3) is 11.0 Å². The zero-order valence-corrected chi connectivity index (χ0v) is 13.5. The van der Waals surface area contributed by atoms with Crippen molar-refractivity contribution in [1.29, 1.82) is 0 Å². The van der Waals surface area contributed by atoms with Gasteiger partial charge >= 0.3 is 5.97 Å². The Morgan fingerprint density at radius 3 is 3.04 bits per heavy atom. The van der Waals surface area contributed by atoms with E-state index in [1.54, 1.807) is 25.1 Å². The minimum Gasteiger partial charge on any atom is -0.462 e. The highest BCUT2D eigenvalue weighted by Crippen LogP contribution is 2.23. The summed E-state index contributed by atoms with van der Waals surface area (Å²) in [5.74, 6) is -0.235. The van der Waals surface area contributed by atoms with Crippen LogP contribution in [-0.2, 0) is 14.2 Å². The number of carbonyl (C=O) groups is 1. The molecule has 7 nitrogen and oxygen atoms in total. The van der Waals surface area contributed by atoms with Gasteiger partial charge in [-0.1, -0.05) is 0 Å². The molecule has 2 N–H and O–H groups in total. The van der Waals surface area contributed by atoms with E-state index in [0.29, 0.717) is 31.3 Å². The third-order valence-electron chi connectivity index (χ3n) is 3.56. The summed E-state index contributed by atoms with van der Waals surface area (Å²) in [6.07, 6.45) is -0.0201. The molecule has 0 radical (unpaired) electrons. The number of esters is 1. The fourth-order valence-electron chi connectivity index (χ4n) is 2.51. The number of carbonyl (C=O) groups excluding carboxylic acids is 1. The monoisotopic (exact) mass is 319 g/mol. The first kappa shape index (κ1) is 15.8. The quantitative estimate of drug-likeness (QED) is 0.823. The molecule has 0 spiro atoms. The fourth-order valence-corrected chi connectivity index (χ4v) is 2.51. The highest BCUT2D eigenvalue weighted by atomic mass is 16.7. The molecule has 2 aromatic rings. The van der Waals surface area contributed by atoms with E-state index in [9.17, 15) is 4.79 Å². The molecular weight excluding hydrogens is 298 g/mol. The number of nitrogens with one attached hydrogen (secondary N) is 2. The van der Waals surface area contributed by atoms with E-state index >= 15 is 0 Å². The maximum Gasteiger partial charge on any atom is 0.338 e. The molecule has 7 heteroatoms. The van der Waals surface area contributed by atoms with Crippen LogP contribution >= 0.6 is 0 Å². The standard InChI is InChI=1S/C16H21N3O4/c1-4-21-14(20)10-5-6-12-13(7-10)19-15(18-12)17-8-11-9-22-16(2,3)23-11/h5-7,11H,4,8-9H2,1-3H3,(H2,17,18,19)/t11-/m1/s1. The van der Waals surface area contributed by atoms with Gasteiger partial charge in [-0.15, -0.1) is 0 Å². The molecule has 1 aliphatic rings. The zero-order chi connectivity index (χ0) is 16.4. The summed E-state index contributed by atoms with van der Waals surface area (Å²) in [5.41, 5.74) is 2.07. The second-order valence-electron chi connectivity index (χ2n) is 5.87. The molecule has 1 saturated heterocycles. The molecule has 1 fully saturated rings. The molecular formula is C16H21N3O4. The number of ether oxygens (including phenoxy) is 3. The van der Waals surface area contributed by atoms with Gasteiger partial charge in [-0.2, -0.15) is 0 Å². The summed E-state index contributed by atoms with van der Waals surface area (Å²) >= 11 is 0. The average Bonchev–Trinajstić information content (AvgIpc) is 3.07. The predicted molar refractivity (Wildman–Crippen MR) is 85.4 cm³/mol. The van der Waals surface area contributed by atoms with Crippen LogP contribution < -0.4 is 5.32 Å². The van der Waals surface area contributed by atoms with Crippen LogP contribution in [0.2, 0.25) is 0 Å². The Balaban J connectivity index is 1.67. The van der Waals surface area contributed by atoms with E-state index in [4.69, 9.17) is 14.2 Å². The summed E-state index contributed by atoms with van der Waals surface area (Å²) in [7, 11) is 0. The summed E-state index contributed by atoms with van der Waals surface area (Å²) in [4.78, 5) is 19.3. The highest BCUT2D eigenvalue weighted by Gasteiger charge is 2.32. The molecule has 124 valence electrons. The summed E-state index contributed by atoms with van der Waals surface area (Å²) in [6, 6.07) is 5.24. The van der Waals surface area contributed by atoms with Gasteiger partial charge in [0, 0.05) is 6.54 Å². The summed E-state index contributed by atoms with van der Waals surface area (Å²) in [5, 5.41) is 3.20. The lowest BCUT2D eigenvalue weighted by Gasteiger charge is -2.17. The van der Waals surface area contributed by atoms with Crippen molar-refractivity contribution in [1.82, 2.24) is 9.97 Å². The molecule has 0 unspecified atom stereocenters. The van der Waals surface area contributed by atoms with Gasteiger partial charge in [0.1, 0.15) is 6.10 Å². The first-order valence-corrected chi connectivity index (χ1v) is 7.69. The van der Waals surface area contributed by atoms with Crippen LogP contribution in [0.3, 0.4) is 0 Å². The maximum atomic E-state index is 11.8. The van der Waals surface area contributed by atoms with Gasteiger partial charge in [0.2, 0.25) is 5.95 Å². The number of H-pyrrole nitrogens is 1. The third kappa shape index (κ3) is 3.62. The fraction of sp³-hybridized carbons (Fsp3) is 0.500. The Bertz CT molecular complexity index is 710. The highest BCUT2D eigenvalue weighted by molar-refractivity contribution is 5.94. The van der Waals surface area contributed by atoms with Crippen molar-refractivity contribution < 1.29 is 19.0 Å². The number of benzene rings is 1. The van der Waals surface area contributed by atoms with E-state index in [-0.39, 0.29) is 12.1 Å². The first-order valence-electron chi connectivity index (χ1n) is 7.69. The largest absolute Gasteiger partial charge is 0.462 e. The Labute approximate surface area is 134 Å². The van der Waals surface area contributed by atoms with E-state index in [1.165, 1.54) is 0 Å². The number of hydrogen-bond donors (Lipinski definition) is 2. The molecule has 0 saturated carbocycles. The lowest BCUT2D eigenvalue weighted by Crippen LogP contribution is -2.26. The lowest BCUT2D eigenvalue weighted by molar-refractivity contribution is -0.136. The van der Waals surface area contributed by atoms with Crippen molar-refractivity contribution >= 4 is 23.0 Å². The lowest BCUT2D eigenvalue weighted by atomic mass is 10.2. The number of aromatic nitrogens is 2. The third-order valence-corrected chi connectivity index (χ3v) is 3.56. The number of nitrogens with zero attached hydrogens (tertiary/aromatic N) is 1. The molecule has 1 aromatic carbocycles. The second-order valence-corrected chi connectivity index (χ2v) is 5.87. The predicted octanol–water partition coefficient (Wildman–Crippen LogP) is 2.30. The van der Waals surface area contributed by atoms with Crippen molar-refractivity contribution in [2.24, 2.45) is 0 Å². The zero-order valence-electron chi connectivity index (χ0n) is 13.5. The van der Waals surface area contributed by atoms with E-state index in [0.717, 1.165) is 11.0 Å². The Morgan fingerprint density at radius 2 is 2.35 bits per heavy atom. The summed E-state index contributed by atoms with van der Waals surface area (Å²) in [6.45, 7) is 7.06. The van der Waals surface area contributed by atoms with Crippen LogP contribution in [0, 0.1) is 0 Å². The Hall–Kier alpha value is -2.12. The summed E-state index contributed by atoms with van der Waals surface area (Å²) < 4.78 is 16.3. The van der Waals surface area contributed by atoms with Crippen molar-refractivity contribution in [3.63, 3.8) is 0 Å². The molecule has 0 bridgehead atoms. The Morgan fingerprint density at radius 1 is 1.52 bits per heavy atom. The molecule has 2 heterocycles. The van der Waals surface area contributed by atoms with Crippen LogP contribution in [0.4, 0.5) is 5.95 Å². The van der Waals surface area contributed by atoms with Crippen molar-refractivity contribution in [2.45, 2.75) is 32.7 Å². The van der Waals surface area contributed by atoms with Gasteiger partial charge in [0.05, 0.1) is 29.8 Å². The molecule has 23 heavy (non-hydrogen) atoms. The van der Waals surface area contributed by atoms with Gasteiger partial charge in [0.15, 0.2) is 5.79 Å². The second kappa shape index (κ2) is 6.17. The number of rotatable bonds is 5. The molecule has 1 aromatic heterocycles. The molecule has 0 aliphatic carbocycles. The normalized spacial score (nSPS) is 19.9. The van der Waals surface area contributed by atoms with Crippen molar-refractivity contribution in [3.05, 3.63) is 23.8 Å². The smallest absolute Gasteiger partial charge is 0.338 e. The maximum absolute atomic E-state index is 11.8.